The molecule has 0 bridgehead atoms. The summed E-state index contributed by atoms with van der Waals surface area (Å²) >= 11 is 0. The van der Waals surface area contributed by atoms with E-state index in [1.54, 1.807) is 7.11 Å². The van der Waals surface area contributed by atoms with E-state index in [9.17, 15) is 4.79 Å². The molecular weight excluding hydrogens is 380 g/mol. The molecule has 7 nitrogen and oxygen atoms in total. The van der Waals surface area contributed by atoms with Crippen LogP contribution >= 0.6 is 0 Å². The molecule has 1 saturated heterocycles. The van der Waals surface area contributed by atoms with Crippen LogP contribution in [0.2, 0.25) is 0 Å². The van der Waals surface area contributed by atoms with E-state index in [-0.39, 0.29) is 17.9 Å². The normalized spacial score (nSPS) is 15.6. The number of aromatic nitrogens is 2. The molecule has 2 aromatic carbocycles. The van der Waals surface area contributed by atoms with Crippen molar-refractivity contribution >= 4 is 11.9 Å². The third-order valence-electron chi connectivity index (χ3n) is 5.55. The fourth-order valence-electron chi connectivity index (χ4n) is 3.68. The monoisotopic (exact) mass is 406 g/mol. The van der Waals surface area contributed by atoms with Gasteiger partial charge in [-0.1, -0.05) is 35.4 Å². The average molecular weight is 406 g/mol. The SMILES string of the molecule is COc1ccc(C(C)NC(=O)C2CCN(c3nnc(-c4ccccc4)o3)CC2)cc1. The molecule has 3 aromatic rings. The van der Waals surface area contributed by atoms with Crippen LogP contribution in [-0.4, -0.2) is 36.3 Å². The Balaban J connectivity index is 1.30. The molecule has 1 fully saturated rings. The minimum Gasteiger partial charge on any atom is -0.497 e. The van der Waals surface area contributed by atoms with Gasteiger partial charge in [0.1, 0.15) is 5.75 Å². The molecule has 7 heteroatoms. The van der Waals surface area contributed by atoms with E-state index in [2.05, 4.69) is 20.4 Å². The quantitative estimate of drug-likeness (QED) is 0.670. The molecule has 156 valence electrons. The van der Waals surface area contributed by atoms with Crippen molar-refractivity contribution in [3.63, 3.8) is 0 Å². The number of nitrogens with zero attached hydrogens (tertiary/aromatic N) is 3. The summed E-state index contributed by atoms with van der Waals surface area (Å²) in [7, 11) is 1.64. The van der Waals surface area contributed by atoms with Crippen molar-refractivity contribution in [2.24, 2.45) is 5.92 Å². The van der Waals surface area contributed by atoms with Gasteiger partial charge in [-0.05, 0) is 49.6 Å². The first-order chi connectivity index (χ1) is 14.6. The van der Waals surface area contributed by atoms with E-state index in [1.165, 1.54) is 0 Å². The number of amides is 1. The van der Waals surface area contributed by atoms with Gasteiger partial charge in [0, 0.05) is 24.6 Å². The summed E-state index contributed by atoms with van der Waals surface area (Å²) in [6, 6.07) is 18.0. The Kier molecular flexibility index (Phi) is 5.97. The van der Waals surface area contributed by atoms with Gasteiger partial charge < -0.3 is 19.4 Å². The topological polar surface area (TPSA) is 80.5 Å². The molecule has 1 aromatic heterocycles. The summed E-state index contributed by atoms with van der Waals surface area (Å²) in [4.78, 5) is 14.8. The number of nitrogens with one attached hydrogen (secondary N) is 1. The van der Waals surface area contributed by atoms with Gasteiger partial charge >= 0.3 is 6.01 Å². The maximum atomic E-state index is 12.7. The highest BCUT2D eigenvalue weighted by molar-refractivity contribution is 5.79. The van der Waals surface area contributed by atoms with Crippen LogP contribution in [0.4, 0.5) is 6.01 Å². The van der Waals surface area contributed by atoms with Crippen LogP contribution in [0, 0.1) is 5.92 Å². The van der Waals surface area contributed by atoms with E-state index < -0.39 is 0 Å². The van der Waals surface area contributed by atoms with Crippen molar-refractivity contribution in [2.75, 3.05) is 25.1 Å². The maximum absolute atomic E-state index is 12.7. The van der Waals surface area contributed by atoms with E-state index in [1.807, 2.05) is 61.5 Å². The van der Waals surface area contributed by atoms with Crippen molar-refractivity contribution in [3.8, 4) is 17.2 Å². The van der Waals surface area contributed by atoms with E-state index in [0.29, 0.717) is 25.0 Å². The van der Waals surface area contributed by atoms with E-state index >= 15 is 0 Å². The van der Waals surface area contributed by atoms with Crippen molar-refractivity contribution in [3.05, 3.63) is 60.2 Å². The lowest BCUT2D eigenvalue weighted by atomic mass is 9.95. The van der Waals surface area contributed by atoms with Crippen LogP contribution in [0.25, 0.3) is 11.5 Å². The molecule has 4 rings (SSSR count). The number of ether oxygens (including phenoxy) is 1. The van der Waals surface area contributed by atoms with Gasteiger partial charge in [-0.2, -0.15) is 0 Å². The van der Waals surface area contributed by atoms with Gasteiger partial charge in [0.2, 0.25) is 11.8 Å². The lowest BCUT2D eigenvalue weighted by Gasteiger charge is -2.30. The smallest absolute Gasteiger partial charge is 0.318 e. The first-order valence-corrected chi connectivity index (χ1v) is 10.2. The summed E-state index contributed by atoms with van der Waals surface area (Å²) in [5.41, 5.74) is 1.96. The van der Waals surface area contributed by atoms with E-state index in [4.69, 9.17) is 9.15 Å². The number of rotatable bonds is 6. The standard InChI is InChI=1S/C23H26N4O3/c1-16(17-8-10-20(29-2)11-9-17)24-21(28)18-12-14-27(15-13-18)23-26-25-22(30-23)19-6-4-3-5-7-19/h3-11,16,18H,12-15H2,1-2H3,(H,24,28). The van der Waals surface area contributed by atoms with Crippen LogP contribution < -0.4 is 15.0 Å². The third-order valence-corrected chi connectivity index (χ3v) is 5.55. The minimum atomic E-state index is -0.0502. The molecule has 2 heterocycles. The number of benzene rings is 2. The average Bonchev–Trinajstić information content (AvgIpc) is 3.30. The number of piperidine rings is 1. The highest BCUT2D eigenvalue weighted by Gasteiger charge is 2.28. The molecule has 1 aliphatic heterocycles. The zero-order valence-corrected chi connectivity index (χ0v) is 17.2. The van der Waals surface area contributed by atoms with Crippen molar-refractivity contribution in [2.45, 2.75) is 25.8 Å². The molecule has 0 spiro atoms. The number of anilines is 1. The van der Waals surface area contributed by atoms with E-state index in [0.717, 1.165) is 29.7 Å². The van der Waals surface area contributed by atoms with Crippen molar-refractivity contribution < 1.29 is 13.9 Å². The van der Waals surface area contributed by atoms with Gasteiger partial charge in [0.25, 0.3) is 0 Å². The molecule has 1 N–H and O–H groups in total. The number of hydrogen-bond acceptors (Lipinski definition) is 6. The Labute approximate surface area is 176 Å². The molecule has 30 heavy (non-hydrogen) atoms. The largest absolute Gasteiger partial charge is 0.497 e. The van der Waals surface area contributed by atoms with Gasteiger partial charge in [0.15, 0.2) is 0 Å². The van der Waals surface area contributed by atoms with Gasteiger partial charge in [0.05, 0.1) is 13.2 Å². The summed E-state index contributed by atoms with van der Waals surface area (Å²) < 4.78 is 11.0. The molecule has 0 aliphatic carbocycles. The van der Waals surface area contributed by atoms with Crippen LogP contribution in [0.15, 0.2) is 59.0 Å². The predicted molar refractivity (Wildman–Crippen MR) is 114 cm³/mol. The lowest BCUT2D eigenvalue weighted by molar-refractivity contribution is -0.126. The van der Waals surface area contributed by atoms with Crippen molar-refractivity contribution in [1.29, 1.82) is 0 Å². The van der Waals surface area contributed by atoms with Crippen LogP contribution in [0.5, 0.6) is 5.75 Å². The Morgan fingerprint density at radius 2 is 1.80 bits per heavy atom. The third kappa shape index (κ3) is 4.45. The summed E-state index contributed by atoms with van der Waals surface area (Å²) in [6.45, 7) is 3.43. The highest BCUT2D eigenvalue weighted by Crippen LogP contribution is 2.26. The fraction of sp³-hybridized carbons (Fsp3) is 0.348. The zero-order chi connectivity index (χ0) is 20.9. The predicted octanol–water partition coefficient (Wildman–Crippen LogP) is 3.84. The second kappa shape index (κ2) is 8.98. The minimum absolute atomic E-state index is 0.0153. The molecule has 1 unspecified atom stereocenters. The molecule has 0 radical (unpaired) electrons. The Hall–Kier alpha value is -3.35. The number of hydrogen-bond donors (Lipinski definition) is 1. The first-order valence-electron chi connectivity index (χ1n) is 10.2. The highest BCUT2D eigenvalue weighted by atomic mass is 16.5. The molecular formula is C23H26N4O3. The number of methoxy groups -OCH3 is 1. The second-order valence-electron chi connectivity index (χ2n) is 7.52. The van der Waals surface area contributed by atoms with Gasteiger partial charge in [-0.3, -0.25) is 4.79 Å². The summed E-state index contributed by atoms with van der Waals surface area (Å²) in [6.07, 6.45) is 1.51. The van der Waals surface area contributed by atoms with Crippen LogP contribution in [-0.2, 0) is 4.79 Å². The number of carbonyl (C=O) groups is 1. The summed E-state index contributed by atoms with van der Waals surface area (Å²) in [5.74, 6) is 1.40. The Morgan fingerprint density at radius 1 is 1.10 bits per heavy atom. The fourth-order valence-corrected chi connectivity index (χ4v) is 3.68. The first kappa shape index (κ1) is 19.9. The second-order valence-corrected chi connectivity index (χ2v) is 7.52. The Morgan fingerprint density at radius 3 is 2.47 bits per heavy atom. The zero-order valence-electron chi connectivity index (χ0n) is 17.2. The van der Waals surface area contributed by atoms with Gasteiger partial charge in [-0.25, -0.2) is 0 Å². The van der Waals surface area contributed by atoms with Crippen LogP contribution in [0.1, 0.15) is 31.4 Å². The Bertz CT molecular complexity index is 964. The number of carbonyl (C=O) groups excluding carboxylic acids is 1. The molecule has 1 aliphatic rings. The lowest BCUT2D eigenvalue weighted by Crippen LogP contribution is -2.41. The van der Waals surface area contributed by atoms with Crippen LogP contribution in [0.3, 0.4) is 0 Å². The molecule has 1 amide bonds. The summed E-state index contributed by atoms with van der Waals surface area (Å²) in [5, 5.41) is 11.5. The van der Waals surface area contributed by atoms with Crippen molar-refractivity contribution in [1.82, 2.24) is 15.5 Å². The molecule has 0 saturated carbocycles. The molecule has 1 atom stereocenters. The van der Waals surface area contributed by atoms with Gasteiger partial charge in [-0.15, -0.1) is 5.10 Å². The maximum Gasteiger partial charge on any atom is 0.318 e.